The third kappa shape index (κ3) is 3.75. The maximum absolute atomic E-state index is 5.35. The van der Waals surface area contributed by atoms with Crippen LogP contribution >= 0.6 is 15.9 Å². The van der Waals surface area contributed by atoms with Crippen molar-refractivity contribution in [2.24, 2.45) is 11.8 Å². The molecule has 0 spiro atoms. The van der Waals surface area contributed by atoms with E-state index in [1.165, 1.54) is 37.2 Å². The number of rotatable bonds is 8. The van der Waals surface area contributed by atoms with Crippen LogP contribution in [0.3, 0.4) is 0 Å². The summed E-state index contributed by atoms with van der Waals surface area (Å²) in [5, 5.41) is 0. The molecule has 3 aromatic rings. The van der Waals surface area contributed by atoms with Gasteiger partial charge in [0.25, 0.3) is 0 Å². The number of imidazole rings is 1. The Morgan fingerprint density at radius 3 is 2.48 bits per heavy atom. The number of halogens is 1. The number of anilines is 1. The lowest BCUT2D eigenvalue weighted by Gasteiger charge is -2.25. The predicted octanol–water partition coefficient (Wildman–Crippen LogP) is 5.36. The first-order valence-electron chi connectivity index (χ1n) is 10.6. The first-order chi connectivity index (χ1) is 14.2. The third-order valence-corrected chi connectivity index (χ3v) is 6.66. The van der Waals surface area contributed by atoms with Gasteiger partial charge in [0.2, 0.25) is 0 Å². The minimum Gasteiger partial charge on any atom is -0.497 e. The molecule has 0 amide bonds. The lowest BCUT2D eigenvalue weighted by Crippen LogP contribution is -2.30. The van der Waals surface area contributed by atoms with E-state index in [0.717, 1.165) is 58.5 Å². The summed E-state index contributed by atoms with van der Waals surface area (Å²) in [5.74, 6) is 3.79. The Balaban J connectivity index is 1.63. The smallest absolute Gasteiger partial charge is 0.165 e. The molecule has 0 saturated heterocycles. The number of hydrogen-bond acceptors (Lipinski definition) is 4. The number of nitrogens with zero attached hydrogens (tertiary/aromatic N) is 4. The van der Waals surface area contributed by atoms with E-state index in [1.54, 1.807) is 7.11 Å². The zero-order chi connectivity index (χ0) is 20.0. The van der Waals surface area contributed by atoms with Crippen molar-refractivity contribution in [2.75, 3.05) is 25.1 Å². The topological polar surface area (TPSA) is 42.7 Å². The highest BCUT2D eigenvalue weighted by Gasteiger charge is 2.32. The van der Waals surface area contributed by atoms with Crippen LogP contribution in [0.25, 0.3) is 16.9 Å². The molecule has 0 bridgehead atoms. The Morgan fingerprint density at radius 1 is 1.17 bits per heavy atom. The molecule has 0 radical (unpaired) electrons. The average molecular weight is 455 g/mol. The van der Waals surface area contributed by atoms with Crippen LogP contribution in [-0.4, -0.2) is 34.6 Å². The van der Waals surface area contributed by atoms with E-state index < -0.39 is 0 Å². The van der Waals surface area contributed by atoms with Crippen LogP contribution in [-0.2, 0) is 6.42 Å². The first-order valence-corrected chi connectivity index (χ1v) is 11.4. The van der Waals surface area contributed by atoms with Gasteiger partial charge in [-0.25, -0.2) is 4.98 Å². The van der Waals surface area contributed by atoms with E-state index in [1.807, 2.05) is 18.3 Å². The molecule has 152 valence electrons. The number of fused-ring (bicyclic) bond motifs is 1. The molecular formula is C23H27BrN4O. The number of aryl methyl sites for hydroxylation is 1. The summed E-state index contributed by atoms with van der Waals surface area (Å²) in [6, 6.07) is 6.01. The summed E-state index contributed by atoms with van der Waals surface area (Å²) < 4.78 is 8.59. The van der Waals surface area contributed by atoms with Gasteiger partial charge >= 0.3 is 0 Å². The number of ether oxygens (including phenoxy) is 1. The van der Waals surface area contributed by atoms with Gasteiger partial charge in [-0.15, -0.1) is 0 Å². The van der Waals surface area contributed by atoms with Crippen molar-refractivity contribution >= 4 is 27.4 Å². The van der Waals surface area contributed by atoms with Crippen molar-refractivity contribution in [3.05, 3.63) is 40.8 Å². The van der Waals surface area contributed by atoms with Crippen LogP contribution in [0.15, 0.2) is 35.1 Å². The van der Waals surface area contributed by atoms with Crippen LogP contribution in [0, 0.1) is 11.8 Å². The molecule has 2 aromatic heterocycles. The highest BCUT2D eigenvalue weighted by atomic mass is 79.9. The van der Waals surface area contributed by atoms with Gasteiger partial charge < -0.3 is 9.64 Å². The molecule has 2 aliphatic rings. The monoisotopic (exact) mass is 454 g/mol. The highest BCUT2D eigenvalue weighted by molar-refractivity contribution is 9.10. The van der Waals surface area contributed by atoms with E-state index >= 15 is 0 Å². The van der Waals surface area contributed by atoms with Crippen molar-refractivity contribution in [3.8, 4) is 17.0 Å². The van der Waals surface area contributed by atoms with Gasteiger partial charge in [0.1, 0.15) is 17.3 Å². The molecule has 6 heteroatoms. The van der Waals surface area contributed by atoms with E-state index in [2.05, 4.69) is 44.4 Å². The molecule has 5 rings (SSSR count). The second-order valence-corrected chi connectivity index (χ2v) is 9.20. The fraction of sp³-hybridized carbons (Fsp3) is 0.478. The van der Waals surface area contributed by atoms with Gasteiger partial charge in [-0.3, -0.25) is 9.38 Å². The van der Waals surface area contributed by atoms with Crippen molar-refractivity contribution in [1.82, 2.24) is 14.4 Å². The van der Waals surface area contributed by atoms with Crippen LogP contribution in [0.1, 0.15) is 38.3 Å². The molecular weight excluding hydrogens is 428 g/mol. The molecule has 0 N–H and O–H groups in total. The maximum Gasteiger partial charge on any atom is 0.165 e. The SMILES string of the molecule is CCc1nc2c(-c3ccc(OC)cc3Br)nccn2c1N(CC1CC1)CC1CC1. The summed E-state index contributed by atoms with van der Waals surface area (Å²) in [6.45, 7) is 4.51. The average Bonchev–Trinajstić information content (AvgIpc) is 3.66. The molecule has 2 fully saturated rings. The number of aromatic nitrogens is 3. The Labute approximate surface area is 180 Å². The van der Waals surface area contributed by atoms with E-state index in [0.29, 0.717) is 0 Å². The standard InChI is InChI=1S/C23H27BrN4O/c1-3-20-23(27(13-15-4-5-15)14-16-6-7-16)28-11-10-25-21(22(28)26-20)18-9-8-17(29-2)12-19(18)24/h8-12,15-16H,3-7,13-14H2,1-2H3. The maximum atomic E-state index is 5.35. The van der Waals surface area contributed by atoms with Gasteiger partial charge in [-0.1, -0.05) is 6.92 Å². The summed E-state index contributed by atoms with van der Waals surface area (Å²) in [6.07, 6.45) is 10.4. The van der Waals surface area contributed by atoms with Crippen LogP contribution in [0.2, 0.25) is 0 Å². The summed E-state index contributed by atoms with van der Waals surface area (Å²) >= 11 is 3.70. The van der Waals surface area contributed by atoms with Crippen LogP contribution < -0.4 is 9.64 Å². The summed E-state index contributed by atoms with van der Waals surface area (Å²) in [7, 11) is 1.68. The zero-order valence-electron chi connectivity index (χ0n) is 17.1. The zero-order valence-corrected chi connectivity index (χ0v) is 18.7. The second kappa shape index (κ2) is 7.63. The third-order valence-electron chi connectivity index (χ3n) is 6.00. The minimum atomic E-state index is 0.825. The van der Waals surface area contributed by atoms with Crippen LogP contribution in [0.5, 0.6) is 5.75 Å². The van der Waals surface area contributed by atoms with Crippen molar-refractivity contribution in [2.45, 2.75) is 39.0 Å². The molecule has 2 heterocycles. The summed E-state index contributed by atoms with van der Waals surface area (Å²) in [5.41, 5.74) is 4.04. The van der Waals surface area contributed by atoms with Crippen molar-refractivity contribution in [1.29, 1.82) is 0 Å². The van der Waals surface area contributed by atoms with Gasteiger partial charge in [-0.05, 0) is 78.1 Å². The fourth-order valence-electron chi connectivity index (χ4n) is 4.06. The molecule has 5 nitrogen and oxygen atoms in total. The number of methoxy groups -OCH3 is 1. The summed E-state index contributed by atoms with van der Waals surface area (Å²) in [4.78, 5) is 12.4. The lowest BCUT2D eigenvalue weighted by molar-refractivity contribution is 0.414. The Kier molecular flexibility index (Phi) is 4.98. The molecule has 0 aliphatic heterocycles. The van der Waals surface area contributed by atoms with Gasteiger partial charge in [0.05, 0.1) is 12.8 Å². The molecule has 0 unspecified atom stereocenters. The quantitative estimate of drug-likeness (QED) is 0.459. The van der Waals surface area contributed by atoms with E-state index in [4.69, 9.17) is 14.7 Å². The van der Waals surface area contributed by atoms with Gasteiger partial charge in [0, 0.05) is 35.5 Å². The second-order valence-electron chi connectivity index (χ2n) is 8.34. The number of hydrogen-bond donors (Lipinski definition) is 0. The largest absolute Gasteiger partial charge is 0.497 e. The fourth-order valence-corrected chi connectivity index (χ4v) is 4.61. The Morgan fingerprint density at radius 2 is 1.90 bits per heavy atom. The predicted molar refractivity (Wildman–Crippen MR) is 120 cm³/mol. The lowest BCUT2D eigenvalue weighted by atomic mass is 10.1. The van der Waals surface area contributed by atoms with Crippen molar-refractivity contribution in [3.63, 3.8) is 0 Å². The normalized spacial score (nSPS) is 16.4. The first kappa shape index (κ1) is 18.9. The number of benzene rings is 1. The Hall–Kier alpha value is -2.08. The van der Waals surface area contributed by atoms with Crippen LogP contribution in [0.4, 0.5) is 5.82 Å². The molecule has 2 aliphatic carbocycles. The highest BCUT2D eigenvalue weighted by Crippen LogP contribution is 2.39. The minimum absolute atomic E-state index is 0.825. The van der Waals surface area contributed by atoms with Crippen molar-refractivity contribution < 1.29 is 4.74 Å². The van der Waals surface area contributed by atoms with Gasteiger partial charge in [-0.2, -0.15) is 0 Å². The molecule has 0 atom stereocenters. The van der Waals surface area contributed by atoms with Gasteiger partial charge in [0.15, 0.2) is 5.65 Å². The molecule has 1 aromatic carbocycles. The molecule has 2 saturated carbocycles. The van der Waals surface area contributed by atoms with E-state index in [9.17, 15) is 0 Å². The van der Waals surface area contributed by atoms with E-state index in [-0.39, 0.29) is 0 Å². The molecule has 29 heavy (non-hydrogen) atoms. The Bertz CT molecular complexity index is 1020.